The summed E-state index contributed by atoms with van der Waals surface area (Å²) in [6, 6.07) is 1.79. The van der Waals surface area contributed by atoms with E-state index in [1.54, 1.807) is 13.0 Å². The van der Waals surface area contributed by atoms with E-state index >= 15 is 0 Å². The molecule has 0 amide bonds. The van der Waals surface area contributed by atoms with Crippen LogP contribution in [-0.2, 0) is 4.79 Å². The fourth-order valence-electron chi connectivity index (χ4n) is 1.05. The number of carboxylic acids is 1. The van der Waals surface area contributed by atoms with Gasteiger partial charge in [0, 0.05) is 0 Å². The summed E-state index contributed by atoms with van der Waals surface area (Å²) < 4.78 is 0. The molecular weight excluding hydrogens is 142 g/mol. The van der Waals surface area contributed by atoms with Gasteiger partial charge in [0.1, 0.15) is 5.92 Å². The van der Waals surface area contributed by atoms with Crippen molar-refractivity contribution in [1.29, 1.82) is 5.26 Å². The molecule has 2 unspecified atom stereocenters. The van der Waals surface area contributed by atoms with Gasteiger partial charge in [0.15, 0.2) is 0 Å². The molecule has 0 rings (SSSR count). The van der Waals surface area contributed by atoms with E-state index < -0.39 is 11.9 Å². The first-order valence-electron chi connectivity index (χ1n) is 3.75. The molecule has 0 saturated heterocycles. The fraction of sp³-hybridized carbons (Fsp3) is 0.750. The summed E-state index contributed by atoms with van der Waals surface area (Å²) in [5.74, 6) is -1.88. The van der Waals surface area contributed by atoms with Crippen molar-refractivity contribution in [2.24, 2.45) is 11.8 Å². The van der Waals surface area contributed by atoms with Gasteiger partial charge in [-0.25, -0.2) is 0 Å². The van der Waals surface area contributed by atoms with Gasteiger partial charge in [-0.15, -0.1) is 0 Å². The molecular formula is C8H13NO2. The van der Waals surface area contributed by atoms with Crippen molar-refractivity contribution < 1.29 is 9.90 Å². The molecule has 0 fully saturated rings. The van der Waals surface area contributed by atoms with Crippen molar-refractivity contribution in [2.75, 3.05) is 0 Å². The first kappa shape index (κ1) is 9.96. The summed E-state index contributed by atoms with van der Waals surface area (Å²) in [5, 5.41) is 17.0. The molecule has 0 bridgehead atoms. The Bertz CT molecular complexity index is 171. The average Bonchev–Trinajstić information content (AvgIpc) is 1.88. The Balaban J connectivity index is 4.05. The van der Waals surface area contributed by atoms with Crippen LogP contribution in [0.2, 0.25) is 0 Å². The fourth-order valence-corrected chi connectivity index (χ4v) is 1.05. The third-order valence-electron chi connectivity index (χ3n) is 1.72. The number of carboxylic acid groups (broad SMARTS) is 1. The van der Waals surface area contributed by atoms with E-state index in [4.69, 9.17) is 10.4 Å². The van der Waals surface area contributed by atoms with Crippen LogP contribution in [0.4, 0.5) is 0 Å². The summed E-state index contributed by atoms with van der Waals surface area (Å²) >= 11 is 0. The topological polar surface area (TPSA) is 61.1 Å². The molecule has 0 aromatic carbocycles. The lowest BCUT2D eigenvalue weighted by atomic mass is 9.92. The highest BCUT2D eigenvalue weighted by atomic mass is 16.4. The minimum atomic E-state index is -1.01. The maximum absolute atomic E-state index is 10.4. The molecule has 0 aliphatic rings. The molecule has 0 radical (unpaired) electrons. The molecule has 0 saturated carbocycles. The monoisotopic (exact) mass is 155 g/mol. The highest BCUT2D eigenvalue weighted by molar-refractivity contribution is 5.73. The van der Waals surface area contributed by atoms with Gasteiger partial charge < -0.3 is 5.11 Å². The summed E-state index contributed by atoms with van der Waals surface area (Å²) in [5.41, 5.74) is 0. The third kappa shape index (κ3) is 3.03. The predicted molar refractivity (Wildman–Crippen MR) is 40.8 cm³/mol. The number of hydrogen-bond donors (Lipinski definition) is 1. The number of carbonyl (C=O) groups is 1. The summed E-state index contributed by atoms with van der Waals surface area (Å²) in [7, 11) is 0. The van der Waals surface area contributed by atoms with Crippen molar-refractivity contribution in [3.63, 3.8) is 0 Å². The molecule has 3 nitrogen and oxygen atoms in total. The van der Waals surface area contributed by atoms with Crippen LogP contribution in [0.3, 0.4) is 0 Å². The third-order valence-corrected chi connectivity index (χ3v) is 1.72. The second-order valence-electron chi connectivity index (χ2n) is 2.71. The van der Waals surface area contributed by atoms with E-state index in [1.807, 2.05) is 6.92 Å². The molecule has 2 atom stereocenters. The van der Waals surface area contributed by atoms with E-state index in [-0.39, 0.29) is 5.92 Å². The van der Waals surface area contributed by atoms with Gasteiger partial charge in [-0.3, -0.25) is 4.79 Å². The molecule has 0 aliphatic carbocycles. The minimum Gasteiger partial charge on any atom is -0.480 e. The van der Waals surface area contributed by atoms with Crippen LogP contribution in [0.5, 0.6) is 0 Å². The number of aliphatic carboxylic acids is 1. The Morgan fingerprint density at radius 2 is 2.27 bits per heavy atom. The van der Waals surface area contributed by atoms with Crippen molar-refractivity contribution in [3.05, 3.63) is 0 Å². The van der Waals surface area contributed by atoms with Crippen molar-refractivity contribution >= 4 is 5.97 Å². The Kier molecular flexibility index (Phi) is 4.28. The lowest BCUT2D eigenvalue weighted by Gasteiger charge is -2.11. The van der Waals surface area contributed by atoms with Crippen LogP contribution in [0.1, 0.15) is 26.7 Å². The Morgan fingerprint density at radius 3 is 2.55 bits per heavy atom. The van der Waals surface area contributed by atoms with E-state index in [0.29, 0.717) is 0 Å². The van der Waals surface area contributed by atoms with Crippen molar-refractivity contribution in [3.8, 4) is 6.07 Å². The Hall–Kier alpha value is -1.04. The van der Waals surface area contributed by atoms with Gasteiger partial charge in [0.2, 0.25) is 0 Å². The van der Waals surface area contributed by atoms with Crippen LogP contribution < -0.4 is 0 Å². The number of rotatable bonds is 4. The van der Waals surface area contributed by atoms with Crippen molar-refractivity contribution in [2.45, 2.75) is 26.7 Å². The van der Waals surface area contributed by atoms with Crippen LogP contribution in [0.15, 0.2) is 0 Å². The zero-order valence-corrected chi connectivity index (χ0v) is 6.87. The largest absolute Gasteiger partial charge is 0.480 e. The van der Waals surface area contributed by atoms with E-state index in [1.165, 1.54) is 0 Å². The van der Waals surface area contributed by atoms with Gasteiger partial charge in [0.25, 0.3) is 0 Å². The van der Waals surface area contributed by atoms with E-state index in [9.17, 15) is 4.79 Å². The predicted octanol–water partition coefficient (Wildman–Crippen LogP) is 1.65. The van der Waals surface area contributed by atoms with Gasteiger partial charge in [-0.05, 0) is 12.3 Å². The molecule has 11 heavy (non-hydrogen) atoms. The lowest BCUT2D eigenvalue weighted by molar-refractivity contribution is -0.141. The van der Waals surface area contributed by atoms with Crippen molar-refractivity contribution in [1.82, 2.24) is 0 Å². The molecule has 0 heterocycles. The van der Waals surface area contributed by atoms with E-state index in [2.05, 4.69) is 0 Å². The number of nitriles is 1. The SMILES string of the molecule is CCCC(C)C(C#N)C(=O)O. The first-order chi connectivity index (χ1) is 5.13. The molecule has 0 aromatic heterocycles. The Labute approximate surface area is 66.6 Å². The normalized spacial score (nSPS) is 15.0. The van der Waals surface area contributed by atoms with Crippen LogP contribution in [0, 0.1) is 23.2 Å². The maximum atomic E-state index is 10.4. The number of nitrogens with zero attached hydrogens (tertiary/aromatic N) is 1. The van der Waals surface area contributed by atoms with Crippen LogP contribution in [0.25, 0.3) is 0 Å². The lowest BCUT2D eigenvalue weighted by Crippen LogP contribution is -2.19. The summed E-state index contributed by atoms with van der Waals surface area (Å²) in [6.07, 6.45) is 1.72. The van der Waals surface area contributed by atoms with Crippen LogP contribution >= 0.6 is 0 Å². The molecule has 0 spiro atoms. The molecule has 62 valence electrons. The average molecular weight is 155 g/mol. The molecule has 0 aliphatic heterocycles. The standard InChI is InChI=1S/C8H13NO2/c1-3-4-6(2)7(5-9)8(10)11/h6-7H,3-4H2,1-2H3,(H,10,11). The van der Waals surface area contributed by atoms with Gasteiger partial charge in [-0.2, -0.15) is 5.26 Å². The van der Waals surface area contributed by atoms with E-state index in [0.717, 1.165) is 12.8 Å². The minimum absolute atomic E-state index is 0.0394. The highest BCUT2D eigenvalue weighted by Crippen LogP contribution is 2.16. The number of hydrogen-bond acceptors (Lipinski definition) is 2. The highest BCUT2D eigenvalue weighted by Gasteiger charge is 2.22. The van der Waals surface area contributed by atoms with Gasteiger partial charge in [-0.1, -0.05) is 20.3 Å². The quantitative estimate of drug-likeness (QED) is 0.671. The van der Waals surface area contributed by atoms with Crippen LogP contribution in [-0.4, -0.2) is 11.1 Å². The summed E-state index contributed by atoms with van der Waals surface area (Å²) in [4.78, 5) is 10.4. The zero-order chi connectivity index (χ0) is 8.85. The van der Waals surface area contributed by atoms with Gasteiger partial charge in [0.05, 0.1) is 6.07 Å². The first-order valence-corrected chi connectivity index (χ1v) is 3.75. The smallest absolute Gasteiger partial charge is 0.321 e. The zero-order valence-electron chi connectivity index (χ0n) is 6.87. The summed E-state index contributed by atoms with van der Waals surface area (Å²) in [6.45, 7) is 3.78. The molecule has 0 aromatic rings. The second-order valence-corrected chi connectivity index (χ2v) is 2.71. The van der Waals surface area contributed by atoms with Gasteiger partial charge >= 0.3 is 5.97 Å². The maximum Gasteiger partial charge on any atom is 0.321 e. The Morgan fingerprint density at radius 1 is 1.73 bits per heavy atom. The molecule has 3 heteroatoms. The molecule has 1 N–H and O–H groups in total. The second kappa shape index (κ2) is 4.73.